The van der Waals surface area contributed by atoms with Crippen molar-refractivity contribution in [2.45, 2.75) is 58.1 Å². The summed E-state index contributed by atoms with van der Waals surface area (Å²) in [7, 11) is 1.85. The Labute approximate surface area is 93.8 Å². The molecule has 0 amide bonds. The molecule has 0 aliphatic heterocycles. The van der Waals surface area contributed by atoms with E-state index in [9.17, 15) is 0 Å². The maximum Gasteiger partial charge on any atom is 0.106 e. The van der Waals surface area contributed by atoms with Crippen LogP contribution >= 0.6 is 0 Å². The lowest BCUT2D eigenvalue weighted by molar-refractivity contribution is 0.0583. The zero-order valence-corrected chi connectivity index (χ0v) is 10.5. The molecule has 0 saturated carbocycles. The van der Waals surface area contributed by atoms with Gasteiger partial charge in [0.2, 0.25) is 0 Å². The molecule has 0 rings (SSSR count). The minimum atomic E-state index is -0.362. The number of hydrogen-bond donors (Lipinski definition) is 1. The number of nitrogens with one attached hydrogen (secondary N) is 1. The first-order valence-corrected chi connectivity index (χ1v) is 5.85. The van der Waals surface area contributed by atoms with E-state index in [0.717, 1.165) is 32.3 Å². The summed E-state index contributed by atoms with van der Waals surface area (Å²) in [5.41, 5.74) is -0.362. The van der Waals surface area contributed by atoms with Gasteiger partial charge in [-0.15, -0.1) is 0 Å². The fourth-order valence-corrected chi connectivity index (χ4v) is 1.45. The Morgan fingerprint density at radius 2 is 2.13 bits per heavy atom. The average molecular weight is 212 g/mol. The predicted molar refractivity (Wildman–Crippen MR) is 62.6 cm³/mol. The van der Waals surface area contributed by atoms with Crippen LogP contribution in [0.2, 0.25) is 0 Å². The molecule has 0 aromatic heterocycles. The molecule has 0 spiro atoms. The lowest BCUT2D eigenvalue weighted by atomic mass is 9.92. The van der Waals surface area contributed by atoms with Crippen molar-refractivity contribution in [3.8, 4) is 6.07 Å². The monoisotopic (exact) mass is 212 g/mol. The van der Waals surface area contributed by atoms with E-state index in [1.807, 2.05) is 14.0 Å². The molecule has 0 fully saturated rings. The number of ether oxygens (including phenoxy) is 1. The van der Waals surface area contributed by atoms with Crippen molar-refractivity contribution in [2.75, 3.05) is 13.7 Å². The number of rotatable bonds is 8. The number of nitriles is 1. The average Bonchev–Trinajstić information content (AvgIpc) is 2.30. The molecule has 0 aromatic carbocycles. The highest BCUT2D eigenvalue weighted by Crippen LogP contribution is 2.16. The van der Waals surface area contributed by atoms with Crippen LogP contribution in [-0.2, 0) is 4.74 Å². The second-order valence-electron chi connectivity index (χ2n) is 3.99. The Morgan fingerprint density at radius 1 is 1.47 bits per heavy atom. The Balaban J connectivity index is 3.78. The molecular formula is C12H24N2O. The molecule has 0 radical (unpaired) electrons. The Hall–Kier alpha value is -0.590. The minimum Gasteiger partial charge on any atom is -0.379 e. The van der Waals surface area contributed by atoms with Crippen LogP contribution in [0.4, 0.5) is 0 Å². The van der Waals surface area contributed by atoms with E-state index in [1.165, 1.54) is 0 Å². The predicted octanol–water partition coefficient (Wildman–Crippen LogP) is 2.47. The van der Waals surface area contributed by atoms with Gasteiger partial charge in [-0.25, -0.2) is 0 Å². The van der Waals surface area contributed by atoms with Crippen LogP contribution in [-0.4, -0.2) is 25.3 Å². The Kier molecular flexibility index (Phi) is 7.37. The van der Waals surface area contributed by atoms with Crippen molar-refractivity contribution >= 4 is 0 Å². The fraction of sp³-hybridized carbons (Fsp3) is 0.917. The first kappa shape index (κ1) is 14.4. The standard InChI is InChI=1S/C12H24N2O/c1-5-11(3)15-9-7-8-12(6-2,10-13)14-4/h11,14H,5-9H2,1-4H3. The van der Waals surface area contributed by atoms with Crippen molar-refractivity contribution in [3.05, 3.63) is 0 Å². The first-order chi connectivity index (χ1) is 7.14. The van der Waals surface area contributed by atoms with Crippen LogP contribution in [0.5, 0.6) is 0 Å². The van der Waals surface area contributed by atoms with Crippen molar-refractivity contribution in [1.29, 1.82) is 5.26 Å². The van der Waals surface area contributed by atoms with Gasteiger partial charge in [-0.3, -0.25) is 0 Å². The van der Waals surface area contributed by atoms with Gasteiger partial charge in [0.1, 0.15) is 5.54 Å². The van der Waals surface area contributed by atoms with Gasteiger partial charge in [-0.2, -0.15) is 5.26 Å². The molecular weight excluding hydrogens is 188 g/mol. The lowest BCUT2D eigenvalue weighted by Crippen LogP contribution is -2.41. The molecule has 0 aromatic rings. The molecule has 3 nitrogen and oxygen atoms in total. The SMILES string of the molecule is CCC(C)OCCCC(C#N)(CC)NC. The van der Waals surface area contributed by atoms with E-state index in [0.29, 0.717) is 6.10 Å². The van der Waals surface area contributed by atoms with Gasteiger partial charge in [0.25, 0.3) is 0 Å². The number of nitrogens with zero attached hydrogens (tertiary/aromatic N) is 1. The van der Waals surface area contributed by atoms with Crippen LogP contribution in [0.3, 0.4) is 0 Å². The van der Waals surface area contributed by atoms with Crippen LogP contribution in [0.15, 0.2) is 0 Å². The Bertz CT molecular complexity index is 194. The molecule has 0 heterocycles. The highest BCUT2D eigenvalue weighted by molar-refractivity contribution is 5.05. The zero-order valence-electron chi connectivity index (χ0n) is 10.5. The molecule has 88 valence electrons. The third-order valence-electron chi connectivity index (χ3n) is 3.02. The Morgan fingerprint density at radius 3 is 2.53 bits per heavy atom. The van der Waals surface area contributed by atoms with Crippen molar-refractivity contribution in [2.24, 2.45) is 0 Å². The van der Waals surface area contributed by atoms with Gasteiger partial charge in [0.05, 0.1) is 12.2 Å². The molecule has 2 unspecified atom stereocenters. The van der Waals surface area contributed by atoms with Gasteiger partial charge in [-0.1, -0.05) is 13.8 Å². The van der Waals surface area contributed by atoms with E-state index < -0.39 is 0 Å². The summed E-state index contributed by atoms with van der Waals surface area (Å²) in [6.07, 6.45) is 4.00. The van der Waals surface area contributed by atoms with Gasteiger partial charge in [-0.05, 0) is 39.7 Å². The van der Waals surface area contributed by atoms with E-state index >= 15 is 0 Å². The summed E-state index contributed by atoms with van der Waals surface area (Å²) in [5.74, 6) is 0. The molecule has 0 bridgehead atoms. The van der Waals surface area contributed by atoms with Crippen molar-refractivity contribution < 1.29 is 4.74 Å². The summed E-state index contributed by atoms with van der Waals surface area (Å²) in [4.78, 5) is 0. The normalized spacial score (nSPS) is 16.7. The second-order valence-corrected chi connectivity index (χ2v) is 3.99. The largest absolute Gasteiger partial charge is 0.379 e. The first-order valence-electron chi connectivity index (χ1n) is 5.85. The van der Waals surface area contributed by atoms with E-state index in [2.05, 4.69) is 25.2 Å². The maximum atomic E-state index is 9.08. The third-order valence-corrected chi connectivity index (χ3v) is 3.02. The highest BCUT2D eigenvalue weighted by Gasteiger charge is 2.24. The second kappa shape index (κ2) is 7.67. The summed E-state index contributed by atoms with van der Waals surface area (Å²) in [6.45, 7) is 6.98. The highest BCUT2D eigenvalue weighted by atomic mass is 16.5. The van der Waals surface area contributed by atoms with Gasteiger partial charge in [0, 0.05) is 6.61 Å². The molecule has 2 atom stereocenters. The lowest BCUT2D eigenvalue weighted by Gasteiger charge is -2.24. The third kappa shape index (κ3) is 5.15. The summed E-state index contributed by atoms with van der Waals surface area (Å²) >= 11 is 0. The maximum absolute atomic E-state index is 9.08. The van der Waals surface area contributed by atoms with Crippen molar-refractivity contribution in [1.82, 2.24) is 5.32 Å². The molecule has 0 saturated heterocycles. The van der Waals surface area contributed by atoms with Gasteiger partial charge in [0.15, 0.2) is 0 Å². The van der Waals surface area contributed by atoms with E-state index in [4.69, 9.17) is 10.00 Å². The molecule has 0 aliphatic carbocycles. The summed E-state index contributed by atoms with van der Waals surface area (Å²) in [5, 5.41) is 12.2. The molecule has 3 heteroatoms. The summed E-state index contributed by atoms with van der Waals surface area (Å²) in [6, 6.07) is 2.35. The quantitative estimate of drug-likeness (QED) is 0.629. The van der Waals surface area contributed by atoms with Crippen LogP contribution in [0.1, 0.15) is 46.5 Å². The zero-order chi connectivity index (χ0) is 11.7. The molecule has 15 heavy (non-hydrogen) atoms. The number of hydrogen-bond acceptors (Lipinski definition) is 3. The van der Waals surface area contributed by atoms with E-state index in [-0.39, 0.29) is 5.54 Å². The summed E-state index contributed by atoms with van der Waals surface area (Å²) < 4.78 is 5.58. The topological polar surface area (TPSA) is 45.0 Å². The fourth-order valence-electron chi connectivity index (χ4n) is 1.45. The van der Waals surface area contributed by atoms with Crippen LogP contribution in [0.25, 0.3) is 0 Å². The van der Waals surface area contributed by atoms with Crippen LogP contribution < -0.4 is 5.32 Å². The van der Waals surface area contributed by atoms with Crippen molar-refractivity contribution in [3.63, 3.8) is 0 Å². The smallest absolute Gasteiger partial charge is 0.106 e. The minimum absolute atomic E-state index is 0.331. The molecule has 0 aliphatic rings. The van der Waals surface area contributed by atoms with E-state index in [1.54, 1.807) is 0 Å². The van der Waals surface area contributed by atoms with Crippen LogP contribution in [0, 0.1) is 11.3 Å². The van der Waals surface area contributed by atoms with Gasteiger partial charge >= 0.3 is 0 Å². The van der Waals surface area contributed by atoms with Gasteiger partial charge < -0.3 is 10.1 Å². The molecule has 1 N–H and O–H groups in total.